The van der Waals surface area contributed by atoms with Crippen molar-refractivity contribution in [2.24, 2.45) is 22.7 Å². The largest absolute Gasteiger partial charge is 0.295 e. The average Bonchev–Trinajstić information content (AvgIpc) is 2.85. The normalized spacial score (nSPS) is 34.6. The van der Waals surface area contributed by atoms with Gasteiger partial charge in [-0.3, -0.25) is 9.59 Å². The minimum absolute atomic E-state index is 0.00603. The summed E-state index contributed by atoms with van der Waals surface area (Å²) in [6, 6.07) is 0. The first-order chi connectivity index (χ1) is 8.33. The summed E-state index contributed by atoms with van der Waals surface area (Å²) in [4.78, 5) is 24.3. The van der Waals surface area contributed by atoms with Gasteiger partial charge in [0.05, 0.1) is 0 Å². The van der Waals surface area contributed by atoms with Gasteiger partial charge in [0.25, 0.3) is 0 Å². The Morgan fingerprint density at radius 3 is 2.39 bits per heavy atom. The number of ketones is 2. The maximum Gasteiger partial charge on any atom is 0.162 e. The summed E-state index contributed by atoms with van der Waals surface area (Å²) in [7, 11) is 0. The van der Waals surface area contributed by atoms with Crippen molar-refractivity contribution in [2.75, 3.05) is 0 Å². The summed E-state index contributed by atoms with van der Waals surface area (Å²) < 4.78 is 0. The summed E-state index contributed by atoms with van der Waals surface area (Å²) in [6.07, 6.45) is 6.84. The monoisotopic (exact) mass is 246 g/mol. The molecule has 2 bridgehead atoms. The van der Waals surface area contributed by atoms with Gasteiger partial charge in [0.15, 0.2) is 11.6 Å². The molecule has 2 atom stereocenters. The van der Waals surface area contributed by atoms with E-state index in [2.05, 4.69) is 20.8 Å². The molecule has 0 saturated heterocycles. The van der Waals surface area contributed by atoms with Crippen molar-refractivity contribution >= 4 is 11.6 Å². The predicted octanol–water partition coefficient (Wildman–Crippen LogP) is 3.31. The van der Waals surface area contributed by atoms with Crippen LogP contribution in [0.1, 0.15) is 52.9 Å². The summed E-state index contributed by atoms with van der Waals surface area (Å²) in [6.45, 7) is 6.19. The summed E-state index contributed by atoms with van der Waals surface area (Å²) >= 11 is 0. The first-order valence-corrected chi connectivity index (χ1v) is 7.12. The number of Topliss-reactive ketones (excluding diaryl/α,β-unsaturated/α-hetero) is 1. The number of carbonyl (C=O) groups is 2. The molecule has 18 heavy (non-hydrogen) atoms. The molecule has 3 rings (SSSR count). The smallest absolute Gasteiger partial charge is 0.162 e. The van der Waals surface area contributed by atoms with Gasteiger partial charge in [-0.25, -0.2) is 0 Å². The molecule has 0 aliphatic heterocycles. The van der Waals surface area contributed by atoms with Gasteiger partial charge in [0.1, 0.15) is 0 Å². The SMILES string of the molecule is CC(C)(C)CC(=O)/C=C1/C(=O)C2CCC1C21CC1. The molecule has 0 heterocycles. The van der Waals surface area contributed by atoms with Crippen molar-refractivity contribution in [1.29, 1.82) is 0 Å². The van der Waals surface area contributed by atoms with E-state index in [1.807, 2.05) is 0 Å². The highest BCUT2D eigenvalue weighted by Gasteiger charge is 2.67. The van der Waals surface area contributed by atoms with Gasteiger partial charge in [0.2, 0.25) is 0 Å². The third-order valence-corrected chi connectivity index (χ3v) is 4.96. The molecule has 3 fully saturated rings. The molecule has 3 saturated carbocycles. The lowest BCUT2D eigenvalue weighted by molar-refractivity contribution is -0.120. The Morgan fingerprint density at radius 1 is 1.28 bits per heavy atom. The molecule has 2 unspecified atom stereocenters. The van der Waals surface area contributed by atoms with E-state index in [9.17, 15) is 9.59 Å². The molecule has 0 aromatic rings. The fourth-order valence-corrected chi connectivity index (χ4v) is 4.14. The van der Waals surface area contributed by atoms with Crippen LogP contribution in [0.25, 0.3) is 0 Å². The Morgan fingerprint density at radius 2 is 1.89 bits per heavy atom. The molecule has 98 valence electrons. The van der Waals surface area contributed by atoms with Crippen LogP contribution in [0.15, 0.2) is 11.6 Å². The quantitative estimate of drug-likeness (QED) is 0.700. The lowest BCUT2D eigenvalue weighted by atomic mass is 9.87. The van der Waals surface area contributed by atoms with Crippen LogP contribution < -0.4 is 0 Å². The highest BCUT2D eigenvalue weighted by atomic mass is 16.1. The van der Waals surface area contributed by atoms with Crippen molar-refractivity contribution in [3.05, 3.63) is 11.6 Å². The molecule has 3 aliphatic carbocycles. The van der Waals surface area contributed by atoms with Crippen LogP contribution in [0.4, 0.5) is 0 Å². The third kappa shape index (κ3) is 1.69. The topological polar surface area (TPSA) is 34.1 Å². The van der Waals surface area contributed by atoms with Crippen LogP contribution in [0.5, 0.6) is 0 Å². The van der Waals surface area contributed by atoms with Crippen molar-refractivity contribution < 1.29 is 9.59 Å². The minimum Gasteiger partial charge on any atom is -0.295 e. The minimum atomic E-state index is 0.00603. The van der Waals surface area contributed by atoms with E-state index in [0.29, 0.717) is 23.5 Å². The molecule has 0 N–H and O–H groups in total. The van der Waals surface area contributed by atoms with E-state index in [4.69, 9.17) is 0 Å². The first-order valence-electron chi connectivity index (χ1n) is 7.12. The van der Waals surface area contributed by atoms with Crippen LogP contribution in [0.3, 0.4) is 0 Å². The molecule has 1 spiro atoms. The summed E-state index contributed by atoms with van der Waals surface area (Å²) in [5, 5.41) is 0. The van der Waals surface area contributed by atoms with E-state index in [1.54, 1.807) is 6.08 Å². The summed E-state index contributed by atoms with van der Waals surface area (Å²) in [5.74, 6) is 1.11. The van der Waals surface area contributed by atoms with E-state index < -0.39 is 0 Å². The standard InChI is InChI=1S/C16H22O2/c1-15(2,3)9-10(17)8-11-12-4-5-13(14(11)18)16(12)6-7-16/h8,12-13H,4-7,9H2,1-3H3/b11-8+. The molecular weight excluding hydrogens is 224 g/mol. The van der Waals surface area contributed by atoms with Crippen molar-refractivity contribution in [2.45, 2.75) is 52.9 Å². The fourth-order valence-electron chi connectivity index (χ4n) is 4.14. The lowest BCUT2D eigenvalue weighted by Gasteiger charge is -2.17. The van der Waals surface area contributed by atoms with Gasteiger partial charge in [-0.2, -0.15) is 0 Å². The maximum absolute atomic E-state index is 12.3. The second kappa shape index (κ2) is 3.55. The van der Waals surface area contributed by atoms with Crippen LogP contribution in [0, 0.1) is 22.7 Å². The Labute approximate surface area is 109 Å². The third-order valence-electron chi connectivity index (χ3n) is 4.96. The molecule has 0 aromatic heterocycles. The zero-order valence-corrected chi connectivity index (χ0v) is 11.6. The van der Waals surface area contributed by atoms with Gasteiger partial charge in [0, 0.05) is 17.9 Å². The number of hydrogen-bond donors (Lipinski definition) is 0. The van der Waals surface area contributed by atoms with E-state index in [1.165, 1.54) is 12.8 Å². The zero-order chi connectivity index (χ0) is 13.1. The Hall–Kier alpha value is -0.920. The van der Waals surface area contributed by atoms with Crippen LogP contribution in [-0.4, -0.2) is 11.6 Å². The molecule has 0 radical (unpaired) electrons. The lowest BCUT2D eigenvalue weighted by Crippen LogP contribution is -2.16. The Balaban J connectivity index is 1.81. The fraction of sp³-hybridized carbons (Fsp3) is 0.750. The van der Waals surface area contributed by atoms with Gasteiger partial charge < -0.3 is 0 Å². The van der Waals surface area contributed by atoms with Crippen LogP contribution in [-0.2, 0) is 9.59 Å². The van der Waals surface area contributed by atoms with Gasteiger partial charge in [-0.1, -0.05) is 20.8 Å². The summed E-state index contributed by atoms with van der Waals surface area (Å²) in [5.41, 5.74) is 1.19. The van der Waals surface area contributed by atoms with Gasteiger partial charge in [-0.05, 0) is 48.5 Å². The highest BCUT2D eigenvalue weighted by molar-refractivity contribution is 6.07. The highest BCUT2D eigenvalue weighted by Crippen LogP contribution is 2.71. The second-order valence-corrected chi connectivity index (χ2v) is 7.58. The molecular formula is C16H22O2. The van der Waals surface area contributed by atoms with E-state index in [0.717, 1.165) is 18.4 Å². The van der Waals surface area contributed by atoms with Gasteiger partial charge in [-0.15, -0.1) is 0 Å². The number of allylic oxidation sites excluding steroid dienone is 2. The molecule has 2 nitrogen and oxygen atoms in total. The Bertz CT molecular complexity index is 446. The molecule has 2 heteroatoms. The average molecular weight is 246 g/mol. The van der Waals surface area contributed by atoms with E-state index in [-0.39, 0.29) is 17.1 Å². The van der Waals surface area contributed by atoms with Crippen molar-refractivity contribution in [1.82, 2.24) is 0 Å². The van der Waals surface area contributed by atoms with E-state index >= 15 is 0 Å². The van der Waals surface area contributed by atoms with Gasteiger partial charge >= 0.3 is 0 Å². The first kappa shape index (κ1) is 12.1. The van der Waals surface area contributed by atoms with Crippen molar-refractivity contribution in [3.63, 3.8) is 0 Å². The van der Waals surface area contributed by atoms with Crippen LogP contribution in [0.2, 0.25) is 0 Å². The second-order valence-electron chi connectivity index (χ2n) is 7.58. The van der Waals surface area contributed by atoms with Crippen molar-refractivity contribution in [3.8, 4) is 0 Å². The molecule has 0 aromatic carbocycles. The number of rotatable bonds is 2. The number of hydrogen-bond acceptors (Lipinski definition) is 2. The molecule has 3 aliphatic rings. The molecule has 0 amide bonds. The predicted molar refractivity (Wildman–Crippen MR) is 70.1 cm³/mol. The maximum atomic E-state index is 12.3. The Kier molecular flexibility index (Phi) is 2.39. The zero-order valence-electron chi connectivity index (χ0n) is 11.6. The number of carbonyl (C=O) groups excluding carboxylic acids is 2. The van der Waals surface area contributed by atoms with Crippen LogP contribution >= 0.6 is 0 Å².